The fraction of sp³-hybridized carbons (Fsp3) is 0.435. The van der Waals surface area contributed by atoms with Gasteiger partial charge in [0.25, 0.3) is 0 Å². The average Bonchev–Trinajstić information content (AvgIpc) is 3.49. The molecule has 3 aromatic rings. The van der Waals surface area contributed by atoms with Crippen LogP contribution in [0.5, 0.6) is 0 Å². The Morgan fingerprint density at radius 2 is 1.84 bits per heavy atom. The topological polar surface area (TPSA) is 60.5 Å². The normalized spacial score (nSPS) is 20.8. The number of tetrazole rings is 1. The van der Waals surface area contributed by atoms with Gasteiger partial charge in [0.1, 0.15) is 5.82 Å². The third-order valence-corrected chi connectivity index (χ3v) is 6.36. The van der Waals surface area contributed by atoms with E-state index in [4.69, 9.17) is 4.74 Å². The van der Waals surface area contributed by atoms with Gasteiger partial charge in [0.2, 0.25) is 5.82 Å². The van der Waals surface area contributed by atoms with Crippen LogP contribution >= 0.6 is 0 Å². The van der Waals surface area contributed by atoms with Gasteiger partial charge in [0, 0.05) is 17.9 Å². The first kappa shape index (κ1) is 20.1. The Labute approximate surface area is 181 Å². The second-order valence-electron chi connectivity index (χ2n) is 8.32. The van der Waals surface area contributed by atoms with Crippen molar-refractivity contribution < 1.29 is 14.0 Å². The Morgan fingerprint density at radius 1 is 1.06 bits per heavy atom. The minimum atomic E-state index is -0.199. The first-order chi connectivity index (χ1) is 15.3. The molecule has 2 saturated heterocycles. The first-order valence-corrected chi connectivity index (χ1v) is 11.1. The molecule has 2 aromatic carbocycles. The molecule has 2 fully saturated rings. The highest BCUT2D eigenvalue weighted by molar-refractivity contribution is 5.46. The van der Waals surface area contributed by atoms with E-state index in [1.165, 1.54) is 22.6 Å². The molecule has 2 atom stereocenters. The summed E-state index contributed by atoms with van der Waals surface area (Å²) in [5.41, 5.74) is 2.29. The number of nitrogens with zero attached hydrogens (tertiary/aromatic N) is 5. The lowest BCUT2D eigenvalue weighted by Crippen LogP contribution is -3.15. The molecule has 31 heavy (non-hydrogen) atoms. The smallest absolute Gasteiger partial charge is 0.214 e. The lowest BCUT2D eigenvalue weighted by molar-refractivity contribution is -0.927. The van der Waals surface area contributed by atoms with Gasteiger partial charge in [-0.1, -0.05) is 30.3 Å². The average molecular weight is 424 g/mol. The molecule has 0 saturated carbocycles. The fourth-order valence-electron chi connectivity index (χ4n) is 4.74. The van der Waals surface area contributed by atoms with Crippen molar-refractivity contribution in [2.45, 2.75) is 31.5 Å². The highest BCUT2D eigenvalue weighted by Crippen LogP contribution is 2.21. The van der Waals surface area contributed by atoms with Gasteiger partial charge in [-0.2, -0.15) is 0 Å². The molecular weight excluding hydrogens is 395 g/mol. The summed E-state index contributed by atoms with van der Waals surface area (Å²) in [4.78, 5) is 3.76. The number of rotatable bonds is 6. The summed E-state index contributed by atoms with van der Waals surface area (Å²) in [5, 5.41) is 12.8. The van der Waals surface area contributed by atoms with Crippen molar-refractivity contribution in [1.29, 1.82) is 0 Å². The van der Waals surface area contributed by atoms with Gasteiger partial charge >= 0.3 is 0 Å². The number of quaternary nitrogens is 1. The van der Waals surface area contributed by atoms with E-state index in [2.05, 4.69) is 44.7 Å². The van der Waals surface area contributed by atoms with Crippen LogP contribution in [0.3, 0.4) is 0 Å². The molecule has 8 heteroatoms. The molecule has 0 spiro atoms. The Bertz CT molecular complexity index is 965. The van der Waals surface area contributed by atoms with Crippen LogP contribution in [0.15, 0.2) is 54.6 Å². The van der Waals surface area contributed by atoms with Crippen LogP contribution in [-0.2, 0) is 11.3 Å². The number of piperazine rings is 1. The standard InChI is InChI=1S/C23H27FN6O/c24-19-8-10-20(11-9-19)28-12-14-29(15-13-28)22(18-5-2-1-3-6-18)23-25-26-27-30(23)17-21-7-4-16-31-21/h1-3,5-6,8-11,21-22H,4,7,12-17H2/p+1/t21-,22-/m0/s1. The maximum absolute atomic E-state index is 13.3. The van der Waals surface area contributed by atoms with Gasteiger partial charge in [-0.05, 0) is 47.5 Å². The molecule has 1 N–H and O–H groups in total. The number of hydrogen-bond donors (Lipinski definition) is 1. The van der Waals surface area contributed by atoms with Gasteiger partial charge in [-0.15, -0.1) is 5.10 Å². The third kappa shape index (κ3) is 4.45. The molecule has 0 amide bonds. The molecule has 162 valence electrons. The predicted molar refractivity (Wildman–Crippen MR) is 114 cm³/mol. The highest BCUT2D eigenvalue weighted by Gasteiger charge is 2.34. The summed E-state index contributed by atoms with van der Waals surface area (Å²) in [6.45, 7) is 5.21. The molecule has 1 aromatic heterocycles. The zero-order chi connectivity index (χ0) is 21.0. The molecule has 3 heterocycles. The van der Waals surface area contributed by atoms with E-state index in [-0.39, 0.29) is 18.0 Å². The highest BCUT2D eigenvalue weighted by atomic mass is 19.1. The molecule has 0 bridgehead atoms. The lowest BCUT2D eigenvalue weighted by atomic mass is 10.0. The summed E-state index contributed by atoms with van der Waals surface area (Å²) in [6.07, 6.45) is 2.34. The van der Waals surface area contributed by atoms with Crippen LogP contribution in [0.2, 0.25) is 0 Å². The fourth-order valence-corrected chi connectivity index (χ4v) is 4.74. The molecule has 2 aliphatic heterocycles. The number of halogens is 1. The minimum absolute atomic E-state index is 0.0629. The maximum Gasteiger partial charge on any atom is 0.214 e. The van der Waals surface area contributed by atoms with Crippen molar-refractivity contribution >= 4 is 5.69 Å². The summed E-state index contributed by atoms with van der Waals surface area (Å²) >= 11 is 0. The molecule has 0 unspecified atom stereocenters. The second-order valence-corrected chi connectivity index (χ2v) is 8.32. The number of aromatic nitrogens is 4. The SMILES string of the molecule is Fc1ccc(N2CC[NH+]([C@@H](c3ccccc3)c3nnnn3C[C@@H]3CCCO3)CC2)cc1. The first-order valence-electron chi connectivity index (χ1n) is 11.1. The van der Waals surface area contributed by atoms with Gasteiger partial charge in [-0.3, -0.25) is 0 Å². The van der Waals surface area contributed by atoms with E-state index in [0.29, 0.717) is 6.54 Å². The largest absolute Gasteiger partial charge is 0.376 e. The van der Waals surface area contributed by atoms with Crippen molar-refractivity contribution in [3.05, 3.63) is 71.8 Å². The van der Waals surface area contributed by atoms with E-state index < -0.39 is 0 Å². The lowest BCUT2D eigenvalue weighted by Gasteiger charge is -2.37. The molecule has 2 aliphatic rings. The minimum Gasteiger partial charge on any atom is -0.376 e. The molecule has 0 aliphatic carbocycles. The van der Waals surface area contributed by atoms with Crippen LogP contribution in [0.4, 0.5) is 10.1 Å². The Hall–Kier alpha value is -2.84. The zero-order valence-electron chi connectivity index (χ0n) is 17.5. The van der Waals surface area contributed by atoms with Gasteiger partial charge in [0.15, 0.2) is 6.04 Å². The quantitative estimate of drug-likeness (QED) is 0.651. The summed E-state index contributed by atoms with van der Waals surface area (Å²) in [5.74, 6) is 0.696. The number of ether oxygens (including phenoxy) is 1. The summed E-state index contributed by atoms with van der Waals surface area (Å²) in [6, 6.07) is 17.3. The van der Waals surface area contributed by atoms with E-state index in [1.54, 1.807) is 0 Å². The van der Waals surface area contributed by atoms with Crippen LogP contribution < -0.4 is 9.80 Å². The number of hydrogen-bond acceptors (Lipinski definition) is 5. The van der Waals surface area contributed by atoms with Gasteiger partial charge in [-0.25, -0.2) is 9.07 Å². The molecular formula is C23H28FN6O+. The van der Waals surface area contributed by atoms with E-state index in [0.717, 1.165) is 57.1 Å². The van der Waals surface area contributed by atoms with E-state index >= 15 is 0 Å². The predicted octanol–water partition coefficient (Wildman–Crippen LogP) is 1.49. The van der Waals surface area contributed by atoms with Crippen molar-refractivity contribution in [2.24, 2.45) is 0 Å². The van der Waals surface area contributed by atoms with Crippen LogP contribution in [0.1, 0.15) is 30.3 Å². The van der Waals surface area contributed by atoms with Gasteiger partial charge < -0.3 is 14.5 Å². The van der Waals surface area contributed by atoms with Crippen molar-refractivity contribution in [3.8, 4) is 0 Å². The Kier molecular flexibility index (Phi) is 5.90. The summed E-state index contributed by atoms with van der Waals surface area (Å²) in [7, 11) is 0. The number of nitrogens with one attached hydrogen (secondary N) is 1. The summed E-state index contributed by atoms with van der Waals surface area (Å²) < 4.78 is 21.1. The van der Waals surface area contributed by atoms with E-state index in [9.17, 15) is 4.39 Å². The Balaban J connectivity index is 1.37. The number of benzene rings is 2. The second kappa shape index (κ2) is 9.11. The number of anilines is 1. The third-order valence-electron chi connectivity index (χ3n) is 6.36. The zero-order valence-corrected chi connectivity index (χ0v) is 17.5. The monoisotopic (exact) mass is 423 g/mol. The van der Waals surface area contributed by atoms with Crippen LogP contribution in [0.25, 0.3) is 0 Å². The Morgan fingerprint density at radius 3 is 2.55 bits per heavy atom. The van der Waals surface area contributed by atoms with Crippen molar-refractivity contribution in [2.75, 3.05) is 37.7 Å². The molecule has 5 rings (SSSR count). The van der Waals surface area contributed by atoms with Crippen molar-refractivity contribution in [3.63, 3.8) is 0 Å². The maximum atomic E-state index is 13.3. The van der Waals surface area contributed by atoms with Gasteiger partial charge in [0.05, 0.1) is 38.8 Å². The molecule has 7 nitrogen and oxygen atoms in total. The van der Waals surface area contributed by atoms with Crippen LogP contribution in [0, 0.1) is 5.82 Å². The van der Waals surface area contributed by atoms with Crippen molar-refractivity contribution in [1.82, 2.24) is 20.2 Å². The van der Waals surface area contributed by atoms with E-state index in [1.807, 2.05) is 22.9 Å². The van der Waals surface area contributed by atoms with Crippen LogP contribution in [-0.4, -0.2) is 59.1 Å². The molecule has 0 radical (unpaired) electrons.